The van der Waals surface area contributed by atoms with Gasteiger partial charge in [0.2, 0.25) is 0 Å². The average Bonchev–Trinajstić information content (AvgIpc) is 2.66. The fraction of sp³-hybridized carbons (Fsp3) is 0.214. The molecule has 0 amide bonds. The third kappa shape index (κ3) is 1.61. The van der Waals surface area contributed by atoms with Gasteiger partial charge in [0, 0.05) is 17.9 Å². The summed E-state index contributed by atoms with van der Waals surface area (Å²) in [7, 11) is 0. The van der Waals surface area contributed by atoms with Gasteiger partial charge in [-0.3, -0.25) is 0 Å². The molecule has 0 N–H and O–H groups in total. The van der Waals surface area contributed by atoms with Crippen molar-refractivity contribution >= 4 is 0 Å². The van der Waals surface area contributed by atoms with Gasteiger partial charge in [-0.15, -0.1) is 0 Å². The zero-order chi connectivity index (χ0) is 11.5. The van der Waals surface area contributed by atoms with E-state index >= 15 is 0 Å². The van der Waals surface area contributed by atoms with E-state index in [9.17, 15) is 0 Å². The molecular weight excluding hydrogens is 196 g/mol. The van der Waals surface area contributed by atoms with Gasteiger partial charge in [0.25, 0.3) is 0 Å². The molecule has 0 aliphatic carbocycles. The van der Waals surface area contributed by atoms with E-state index in [0.29, 0.717) is 0 Å². The Bertz CT molecular complexity index is 530. The van der Waals surface area contributed by atoms with Crippen molar-refractivity contribution < 1.29 is 0 Å². The van der Waals surface area contributed by atoms with Crippen LogP contribution in [0.3, 0.4) is 0 Å². The molecule has 0 saturated heterocycles. The summed E-state index contributed by atoms with van der Waals surface area (Å²) in [6, 6.07) is 14.4. The van der Waals surface area contributed by atoms with Crippen molar-refractivity contribution in [1.82, 2.24) is 4.57 Å². The molecule has 0 radical (unpaired) electrons. The van der Waals surface area contributed by atoms with Crippen LogP contribution in [-0.2, 0) is 6.54 Å². The van der Waals surface area contributed by atoms with Crippen LogP contribution in [-0.4, -0.2) is 4.57 Å². The van der Waals surface area contributed by atoms with Crippen molar-refractivity contribution in [3.8, 4) is 17.3 Å². The quantitative estimate of drug-likeness (QED) is 0.747. The first-order chi connectivity index (χ1) is 7.77. The van der Waals surface area contributed by atoms with Crippen LogP contribution in [0.1, 0.15) is 18.2 Å². The van der Waals surface area contributed by atoms with E-state index in [2.05, 4.69) is 29.7 Å². The standard InChI is InChI=1S/C14H14N2/c1-3-16-11(2)13(10-15)9-14(16)12-7-5-4-6-8-12/h4-9H,3H2,1-2H3. The second-order valence-electron chi connectivity index (χ2n) is 3.75. The fourth-order valence-electron chi connectivity index (χ4n) is 2.01. The lowest BCUT2D eigenvalue weighted by atomic mass is 10.1. The lowest BCUT2D eigenvalue weighted by Gasteiger charge is -2.08. The number of aromatic nitrogens is 1. The molecule has 2 nitrogen and oxygen atoms in total. The minimum atomic E-state index is 0.765. The van der Waals surface area contributed by atoms with Crippen molar-refractivity contribution in [3.05, 3.63) is 47.7 Å². The molecule has 0 bridgehead atoms. The number of nitrogens with zero attached hydrogens (tertiary/aromatic N) is 2. The Kier molecular flexibility index (Phi) is 2.78. The molecular formula is C14H14N2. The zero-order valence-electron chi connectivity index (χ0n) is 9.57. The van der Waals surface area contributed by atoms with Crippen LogP contribution >= 0.6 is 0 Å². The van der Waals surface area contributed by atoms with Gasteiger partial charge in [0.1, 0.15) is 6.07 Å². The Morgan fingerprint density at radius 3 is 2.50 bits per heavy atom. The Balaban J connectivity index is 2.62. The summed E-state index contributed by atoms with van der Waals surface area (Å²) in [5.41, 5.74) is 4.09. The van der Waals surface area contributed by atoms with E-state index in [1.807, 2.05) is 31.2 Å². The Hall–Kier alpha value is -2.01. The van der Waals surface area contributed by atoms with Crippen LogP contribution < -0.4 is 0 Å². The summed E-state index contributed by atoms with van der Waals surface area (Å²) in [5, 5.41) is 9.04. The van der Waals surface area contributed by atoms with E-state index in [0.717, 1.165) is 29.1 Å². The van der Waals surface area contributed by atoms with Gasteiger partial charge in [-0.2, -0.15) is 5.26 Å². The van der Waals surface area contributed by atoms with Crippen LogP contribution in [0, 0.1) is 18.3 Å². The van der Waals surface area contributed by atoms with Crippen molar-refractivity contribution in [3.63, 3.8) is 0 Å². The van der Waals surface area contributed by atoms with Crippen LogP contribution in [0.5, 0.6) is 0 Å². The monoisotopic (exact) mass is 210 g/mol. The zero-order valence-corrected chi connectivity index (χ0v) is 9.57. The fourth-order valence-corrected chi connectivity index (χ4v) is 2.01. The van der Waals surface area contributed by atoms with Gasteiger partial charge in [0.15, 0.2) is 0 Å². The predicted molar refractivity (Wildman–Crippen MR) is 65.0 cm³/mol. The first kappa shape index (κ1) is 10.5. The first-order valence-corrected chi connectivity index (χ1v) is 5.43. The van der Waals surface area contributed by atoms with Crippen LogP contribution in [0.2, 0.25) is 0 Å². The molecule has 16 heavy (non-hydrogen) atoms. The molecule has 0 fully saturated rings. The maximum absolute atomic E-state index is 9.04. The molecule has 1 heterocycles. The average molecular weight is 210 g/mol. The number of rotatable bonds is 2. The molecule has 0 aliphatic heterocycles. The van der Waals surface area contributed by atoms with Gasteiger partial charge < -0.3 is 4.57 Å². The first-order valence-electron chi connectivity index (χ1n) is 5.43. The molecule has 1 aromatic heterocycles. The largest absolute Gasteiger partial charge is 0.344 e. The summed E-state index contributed by atoms with van der Waals surface area (Å²) >= 11 is 0. The normalized spacial score (nSPS) is 10.1. The van der Waals surface area contributed by atoms with E-state index in [4.69, 9.17) is 5.26 Å². The summed E-state index contributed by atoms with van der Waals surface area (Å²) < 4.78 is 2.17. The molecule has 2 heteroatoms. The summed E-state index contributed by atoms with van der Waals surface area (Å²) in [5.74, 6) is 0. The molecule has 0 aliphatic rings. The highest BCUT2D eigenvalue weighted by Gasteiger charge is 2.11. The van der Waals surface area contributed by atoms with Crippen molar-refractivity contribution in [2.75, 3.05) is 0 Å². The Morgan fingerprint density at radius 1 is 1.25 bits per heavy atom. The van der Waals surface area contributed by atoms with E-state index in [-0.39, 0.29) is 0 Å². The smallest absolute Gasteiger partial charge is 0.101 e. The van der Waals surface area contributed by atoms with Crippen molar-refractivity contribution in [2.24, 2.45) is 0 Å². The van der Waals surface area contributed by atoms with Crippen LogP contribution in [0.15, 0.2) is 36.4 Å². The van der Waals surface area contributed by atoms with Gasteiger partial charge in [0.05, 0.1) is 5.56 Å². The molecule has 80 valence electrons. The molecule has 0 saturated carbocycles. The van der Waals surface area contributed by atoms with E-state index in [1.165, 1.54) is 0 Å². The molecule has 2 aromatic rings. The van der Waals surface area contributed by atoms with Crippen LogP contribution in [0.4, 0.5) is 0 Å². The predicted octanol–water partition coefficient (Wildman–Crippen LogP) is 3.36. The van der Waals surface area contributed by atoms with Crippen molar-refractivity contribution in [1.29, 1.82) is 5.26 Å². The third-order valence-electron chi connectivity index (χ3n) is 2.87. The highest BCUT2D eigenvalue weighted by atomic mass is 15.0. The summed E-state index contributed by atoms with van der Waals surface area (Å²) in [6.07, 6.45) is 0. The van der Waals surface area contributed by atoms with Crippen molar-refractivity contribution in [2.45, 2.75) is 20.4 Å². The molecule has 0 spiro atoms. The SMILES string of the molecule is CCn1c(-c2ccccc2)cc(C#N)c1C. The van der Waals surface area contributed by atoms with Gasteiger partial charge in [-0.25, -0.2) is 0 Å². The second-order valence-corrected chi connectivity index (χ2v) is 3.75. The third-order valence-corrected chi connectivity index (χ3v) is 2.87. The van der Waals surface area contributed by atoms with E-state index in [1.54, 1.807) is 0 Å². The number of hydrogen-bond acceptors (Lipinski definition) is 1. The van der Waals surface area contributed by atoms with E-state index < -0.39 is 0 Å². The Morgan fingerprint density at radius 2 is 1.94 bits per heavy atom. The highest BCUT2D eigenvalue weighted by molar-refractivity contribution is 5.64. The number of hydrogen-bond donors (Lipinski definition) is 0. The van der Waals surface area contributed by atoms with Gasteiger partial charge >= 0.3 is 0 Å². The highest BCUT2D eigenvalue weighted by Crippen LogP contribution is 2.25. The number of nitriles is 1. The maximum Gasteiger partial charge on any atom is 0.101 e. The lowest BCUT2D eigenvalue weighted by molar-refractivity contribution is 0.749. The molecule has 2 rings (SSSR count). The lowest BCUT2D eigenvalue weighted by Crippen LogP contribution is -1.99. The summed E-state index contributed by atoms with van der Waals surface area (Å²) in [4.78, 5) is 0. The number of benzene rings is 1. The van der Waals surface area contributed by atoms with Crippen LogP contribution in [0.25, 0.3) is 11.3 Å². The van der Waals surface area contributed by atoms with Gasteiger partial charge in [-0.1, -0.05) is 30.3 Å². The second kappa shape index (κ2) is 4.24. The van der Waals surface area contributed by atoms with Gasteiger partial charge in [-0.05, 0) is 25.5 Å². The Labute approximate surface area is 95.8 Å². The summed E-state index contributed by atoms with van der Waals surface area (Å²) in [6.45, 7) is 4.98. The maximum atomic E-state index is 9.04. The minimum absolute atomic E-state index is 0.765. The topological polar surface area (TPSA) is 28.7 Å². The molecule has 0 atom stereocenters. The minimum Gasteiger partial charge on any atom is -0.344 e. The molecule has 1 aromatic carbocycles. The molecule has 0 unspecified atom stereocenters.